The topological polar surface area (TPSA) is 139 Å². The predicted octanol–water partition coefficient (Wildman–Crippen LogP) is -1.27. The van der Waals surface area contributed by atoms with Crippen LogP contribution in [0.15, 0.2) is 11.1 Å². The van der Waals surface area contributed by atoms with Crippen LogP contribution in [0.2, 0.25) is 0 Å². The van der Waals surface area contributed by atoms with E-state index >= 15 is 0 Å². The first-order valence-electron chi connectivity index (χ1n) is 6.26. The van der Waals surface area contributed by atoms with Crippen LogP contribution in [-0.2, 0) is 4.74 Å². The lowest BCUT2D eigenvalue weighted by atomic mass is 10.1. The molecule has 0 amide bonds. The Bertz CT molecular complexity index is 696. The molecule has 9 heteroatoms. The van der Waals surface area contributed by atoms with Crippen molar-refractivity contribution in [3.05, 3.63) is 16.7 Å². The van der Waals surface area contributed by atoms with Gasteiger partial charge in [0.05, 0.1) is 12.4 Å². The third-order valence-electron chi connectivity index (χ3n) is 3.46. The average molecular weight is 281 g/mol. The number of ether oxygens (including phenoxy) is 1. The van der Waals surface area contributed by atoms with Crippen molar-refractivity contribution in [3.8, 4) is 0 Å². The van der Waals surface area contributed by atoms with Gasteiger partial charge in [-0.1, -0.05) is 6.92 Å². The predicted molar refractivity (Wildman–Crippen MR) is 68.8 cm³/mol. The fourth-order valence-corrected chi connectivity index (χ4v) is 2.43. The van der Waals surface area contributed by atoms with Crippen molar-refractivity contribution in [2.75, 3.05) is 5.73 Å². The number of aromatic amines is 1. The normalized spacial score (nSPS) is 30.1. The van der Waals surface area contributed by atoms with Gasteiger partial charge < -0.3 is 20.7 Å². The molecule has 9 nitrogen and oxygen atoms in total. The second kappa shape index (κ2) is 4.54. The van der Waals surface area contributed by atoms with Crippen molar-refractivity contribution in [2.24, 2.45) is 0 Å². The highest BCUT2D eigenvalue weighted by Crippen LogP contribution is 2.32. The number of aromatic nitrogens is 4. The Labute approximate surface area is 113 Å². The van der Waals surface area contributed by atoms with E-state index in [1.807, 2.05) is 6.92 Å². The van der Waals surface area contributed by atoms with Gasteiger partial charge in [0.1, 0.15) is 12.2 Å². The summed E-state index contributed by atoms with van der Waals surface area (Å²) >= 11 is 0. The number of aliphatic hydroxyl groups is 2. The number of nitrogen functional groups attached to an aromatic ring is 1. The lowest BCUT2D eigenvalue weighted by molar-refractivity contribution is -0.0355. The molecule has 20 heavy (non-hydrogen) atoms. The number of nitrogens with zero attached hydrogens (tertiary/aromatic N) is 3. The van der Waals surface area contributed by atoms with Gasteiger partial charge in [-0.3, -0.25) is 14.3 Å². The molecule has 0 bridgehead atoms. The van der Waals surface area contributed by atoms with Gasteiger partial charge in [0.2, 0.25) is 5.95 Å². The molecular formula is C11H15N5O4. The second-order valence-corrected chi connectivity index (χ2v) is 4.73. The van der Waals surface area contributed by atoms with Crippen LogP contribution in [0.4, 0.5) is 5.95 Å². The van der Waals surface area contributed by atoms with Crippen LogP contribution in [0.1, 0.15) is 19.6 Å². The van der Waals surface area contributed by atoms with Crippen LogP contribution in [0.5, 0.6) is 0 Å². The maximum atomic E-state index is 11.7. The van der Waals surface area contributed by atoms with Crippen LogP contribution in [0.25, 0.3) is 11.2 Å². The second-order valence-electron chi connectivity index (χ2n) is 4.73. The van der Waals surface area contributed by atoms with E-state index in [4.69, 9.17) is 10.5 Å². The summed E-state index contributed by atoms with van der Waals surface area (Å²) < 4.78 is 7.00. The minimum Gasteiger partial charge on any atom is -0.388 e. The number of hydrogen-bond acceptors (Lipinski definition) is 7. The van der Waals surface area contributed by atoms with Crippen molar-refractivity contribution in [1.82, 2.24) is 19.5 Å². The Balaban J connectivity index is 2.09. The zero-order chi connectivity index (χ0) is 14.4. The van der Waals surface area contributed by atoms with Gasteiger partial charge in [-0.25, -0.2) is 4.98 Å². The lowest BCUT2D eigenvalue weighted by Gasteiger charge is -2.16. The van der Waals surface area contributed by atoms with Crippen LogP contribution in [0.3, 0.4) is 0 Å². The molecule has 108 valence electrons. The van der Waals surface area contributed by atoms with Gasteiger partial charge in [0, 0.05) is 0 Å². The minimum absolute atomic E-state index is 0.0515. The Morgan fingerprint density at radius 2 is 2.25 bits per heavy atom. The maximum absolute atomic E-state index is 11.7. The van der Waals surface area contributed by atoms with Crippen molar-refractivity contribution in [3.63, 3.8) is 0 Å². The largest absolute Gasteiger partial charge is 0.388 e. The fraction of sp³-hybridized carbons (Fsp3) is 0.545. The molecule has 2 aromatic heterocycles. The molecule has 3 rings (SSSR count). The smallest absolute Gasteiger partial charge is 0.280 e. The molecule has 3 heterocycles. The summed E-state index contributed by atoms with van der Waals surface area (Å²) in [5.41, 5.74) is 5.35. The molecule has 0 spiro atoms. The van der Waals surface area contributed by atoms with Crippen LogP contribution >= 0.6 is 0 Å². The molecule has 4 atom stereocenters. The first-order chi connectivity index (χ1) is 9.52. The Morgan fingerprint density at radius 1 is 1.50 bits per heavy atom. The van der Waals surface area contributed by atoms with E-state index in [0.717, 1.165) is 0 Å². The zero-order valence-corrected chi connectivity index (χ0v) is 10.7. The monoisotopic (exact) mass is 281 g/mol. The highest BCUT2D eigenvalue weighted by molar-refractivity contribution is 5.70. The molecule has 1 saturated heterocycles. The molecular weight excluding hydrogens is 266 g/mol. The average Bonchev–Trinajstić information content (AvgIpc) is 2.93. The summed E-state index contributed by atoms with van der Waals surface area (Å²) in [7, 11) is 0. The minimum atomic E-state index is -1.13. The fourth-order valence-electron chi connectivity index (χ4n) is 2.43. The van der Waals surface area contributed by atoms with E-state index in [9.17, 15) is 15.0 Å². The number of H-pyrrole nitrogens is 1. The van der Waals surface area contributed by atoms with Crippen molar-refractivity contribution < 1.29 is 14.9 Å². The number of aliphatic hydroxyl groups excluding tert-OH is 2. The molecule has 0 aliphatic carbocycles. The summed E-state index contributed by atoms with van der Waals surface area (Å²) in [6, 6.07) is 0. The van der Waals surface area contributed by atoms with Gasteiger partial charge in [-0.15, -0.1) is 0 Å². The summed E-state index contributed by atoms with van der Waals surface area (Å²) in [5, 5.41) is 19.9. The van der Waals surface area contributed by atoms with E-state index in [1.54, 1.807) is 0 Å². The molecule has 5 N–H and O–H groups in total. The third-order valence-corrected chi connectivity index (χ3v) is 3.46. The van der Waals surface area contributed by atoms with Crippen LogP contribution < -0.4 is 11.3 Å². The molecule has 1 unspecified atom stereocenters. The first-order valence-corrected chi connectivity index (χ1v) is 6.26. The number of fused-ring (bicyclic) bond motifs is 1. The van der Waals surface area contributed by atoms with Crippen LogP contribution in [-0.4, -0.2) is 48.0 Å². The number of nitrogens with two attached hydrogens (primary N) is 1. The Morgan fingerprint density at radius 3 is 2.90 bits per heavy atom. The number of rotatable bonds is 2. The van der Waals surface area contributed by atoms with Crippen LogP contribution in [0, 0.1) is 0 Å². The van der Waals surface area contributed by atoms with E-state index in [0.29, 0.717) is 6.42 Å². The van der Waals surface area contributed by atoms with E-state index in [-0.39, 0.29) is 17.1 Å². The van der Waals surface area contributed by atoms with E-state index in [2.05, 4.69) is 15.0 Å². The van der Waals surface area contributed by atoms with Gasteiger partial charge in [-0.05, 0) is 6.42 Å². The highest BCUT2D eigenvalue weighted by atomic mass is 16.6. The maximum Gasteiger partial charge on any atom is 0.280 e. The van der Waals surface area contributed by atoms with Gasteiger partial charge in [0.25, 0.3) is 5.56 Å². The van der Waals surface area contributed by atoms with Crippen molar-refractivity contribution in [1.29, 1.82) is 0 Å². The number of nitrogens with one attached hydrogen (secondary N) is 1. The number of imidazole rings is 1. The molecule has 1 aliphatic heterocycles. The van der Waals surface area contributed by atoms with Gasteiger partial charge >= 0.3 is 0 Å². The van der Waals surface area contributed by atoms with Crippen molar-refractivity contribution >= 4 is 17.1 Å². The summed E-state index contributed by atoms with van der Waals surface area (Å²) in [5.74, 6) is -0.0515. The SMILES string of the molecule is CC[C@H]1O[C@@H](n2cnc3c(=O)[nH]c(N)nc32)C(O)[C@H]1O. The summed E-state index contributed by atoms with van der Waals surface area (Å²) in [6.07, 6.45) is -1.57. The zero-order valence-electron chi connectivity index (χ0n) is 10.7. The molecule has 1 aliphatic rings. The summed E-state index contributed by atoms with van der Waals surface area (Å²) in [6.45, 7) is 1.84. The number of hydrogen-bond donors (Lipinski definition) is 4. The Hall–Kier alpha value is -1.97. The molecule has 2 aromatic rings. The molecule has 1 fully saturated rings. The van der Waals surface area contributed by atoms with Gasteiger partial charge in [0.15, 0.2) is 17.4 Å². The Kier molecular flexibility index (Phi) is 2.96. The summed E-state index contributed by atoms with van der Waals surface area (Å²) in [4.78, 5) is 22.0. The van der Waals surface area contributed by atoms with Crippen molar-refractivity contribution in [2.45, 2.75) is 37.9 Å². The standard InChI is InChI=1S/C11H15N5O4/c1-2-4-6(17)7(18)10(20-4)16-3-13-5-8(16)14-11(12)15-9(5)19/h3-4,6-7,10,17-18H,2H2,1H3,(H3,12,14,15,19)/t4-,6+,7?,10-/m1/s1. The molecule has 0 radical (unpaired) electrons. The highest BCUT2D eigenvalue weighted by Gasteiger charge is 2.43. The molecule has 0 saturated carbocycles. The van der Waals surface area contributed by atoms with Gasteiger partial charge in [-0.2, -0.15) is 4.98 Å². The van der Waals surface area contributed by atoms with E-state index in [1.165, 1.54) is 10.9 Å². The molecule has 0 aromatic carbocycles. The first kappa shape index (κ1) is 13.0. The quantitative estimate of drug-likeness (QED) is 0.538. The lowest BCUT2D eigenvalue weighted by Crippen LogP contribution is -2.31. The third kappa shape index (κ3) is 1.79. The number of anilines is 1. The van der Waals surface area contributed by atoms with E-state index < -0.39 is 30.1 Å².